The van der Waals surface area contributed by atoms with Crippen molar-refractivity contribution < 1.29 is 24.2 Å². The molecule has 1 aromatic carbocycles. The van der Waals surface area contributed by atoms with Crippen LogP contribution in [0.5, 0.6) is 11.5 Å². The molecule has 0 heterocycles. The molecule has 0 aromatic heterocycles. The van der Waals surface area contributed by atoms with Crippen LogP contribution >= 0.6 is 0 Å². The number of carbonyl (C=O) groups is 2. The monoisotopic (exact) mass is 281 g/mol. The second kappa shape index (κ2) is 7.37. The van der Waals surface area contributed by atoms with Gasteiger partial charge in [-0.15, -0.1) is 0 Å². The number of rotatable bonds is 7. The van der Waals surface area contributed by atoms with Gasteiger partial charge in [0.05, 0.1) is 14.2 Å². The Morgan fingerprint density at radius 1 is 1.20 bits per heavy atom. The van der Waals surface area contributed by atoms with Crippen LogP contribution in [0.3, 0.4) is 0 Å². The molecular weight excluding hydrogens is 262 g/mol. The van der Waals surface area contributed by atoms with E-state index in [1.807, 2.05) is 0 Å². The third-order valence-corrected chi connectivity index (χ3v) is 2.86. The molecule has 6 nitrogen and oxygen atoms in total. The van der Waals surface area contributed by atoms with Crippen molar-refractivity contribution in [2.75, 3.05) is 27.8 Å². The molecule has 20 heavy (non-hydrogen) atoms. The number of carboxylic acids is 1. The van der Waals surface area contributed by atoms with Gasteiger partial charge in [0.2, 0.25) is 0 Å². The fourth-order valence-electron chi connectivity index (χ4n) is 1.76. The highest BCUT2D eigenvalue weighted by Crippen LogP contribution is 2.27. The van der Waals surface area contributed by atoms with E-state index in [4.69, 9.17) is 14.6 Å². The van der Waals surface area contributed by atoms with Gasteiger partial charge >= 0.3 is 5.97 Å². The van der Waals surface area contributed by atoms with Crippen molar-refractivity contribution in [1.82, 2.24) is 4.90 Å². The van der Waals surface area contributed by atoms with Gasteiger partial charge in [-0.25, -0.2) is 0 Å². The molecular formula is C14H19NO5. The molecule has 0 bridgehead atoms. The Hall–Kier alpha value is -2.24. The number of ether oxygens (including phenoxy) is 2. The molecule has 0 fully saturated rings. The lowest BCUT2D eigenvalue weighted by Crippen LogP contribution is -2.28. The quantitative estimate of drug-likeness (QED) is 0.822. The molecule has 0 unspecified atom stereocenters. The van der Waals surface area contributed by atoms with E-state index in [1.54, 1.807) is 25.2 Å². The molecule has 0 aliphatic heterocycles. The first-order valence-corrected chi connectivity index (χ1v) is 6.19. The molecule has 1 N–H and O–H groups in total. The van der Waals surface area contributed by atoms with Crippen LogP contribution in [0.1, 0.15) is 23.2 Å². The largest absolute Gasteiger partial charge is 0.493 e. The van der Waals surface area contributed by atoms with Crippen LogP contribution < -0.4 is 9.47 Å². The van der Waals surface area contributed by atoms with E-state index in [0.717, 1.165) is 0 Å². The molecule has 0 spiro atoms. The maximum atomic E-state index is 12.2. The number of carbonyl (C=O) groups excluding carboxylic acids is 1. The number of nitrogens with zero attached hydrogens (tertiary/aromatic N) is 1. The number of amides is 1. The van der Waals surface area contributed by atoms with Crippen LogP contribution in [0, 0.1) is 0 Å². The fraction of sp³-hybridized carbons (Fsp3) is 0.429. The number of carboxylic acid groups (broad SMARTS) is 1. The predicted octanol–water partition coefficient (Wildman–Crippen LogP) is 1.64. The lowest BCUT2D eigenvalue weighted by molar-refractivity contribution is -0.137. The van der Waals surface area contributed by atoms with Crippen molar-refractivity contribution in [3.63, 3.8) is 0 Å². The summed E-state index contributed by atoms with van der Waals surface area (Å²) in [4.78, 5) is 24.1. The molecule has 0 saturated heterocycles. The standard InChI is InChI=1S/C14H19NO5/c1-15(8-4-5-13(16)17)14(18)10-6-7-11(19-2)12(9-10)20-3/h6-7,9H,4-5,8H2,1-3H3,(H,16,17). The highest BCUT2D eigenvalue weighted by molar-refractivity contribution is 5.94. The van der Waals surface area contributed by atoms with Crippen LogP contribution in [-0.2, 0) is 4.79 Å². The Morgan fingerprint density at radius 3 is 2.40 bits per heavy atom. The van der Waals surface area contributed by atoms with Crippen molar-refractivity contribution in [2.24, 2.45) is 0 Å². The number of methoxy groups -OCH3 is 2. The van der Waals surface area contributed by atoms with E-state index in [0.29, 0.717) is 30.0 Å². The zero-order valence-corrected chi connectivity index (χ0v) is 11.9. The number of aliphatic carboxylic acids is 1. The van der Waals surface area contributed by atoms with Crippen molar-refractivity contribution in [3.8, 4) is 11.5 Å². The van der Waals surface area contributed by atoms with E-state index in [1.165, 1.54) is 19.1 Å². The topological polar surface area (TPSA) is 76.1 Å². The van der Waals surface area contributed by atoms with Gasteiger partial charge in [-0.1, -0.05) is 0 Å². The van der Waals surface area contributed by atoms with Gasteiger partial charge in [0.25, 0.3) is 5.91 Å². The van der Waals surface area contributed by atoms with Crippen LogP contribution in [0.25, 0.3) is 0 Å². The maximum absolute atomic E-state index is 12.2. The molecule has 1 aromatic rings. The Balaban J connectivity index is 2.73. The summed E-state index contributed by atoms with van der Waals surface area (Å²) in [5, 5.41) is 8.57. The molecule has 0 saturated carbocycles. The Kier molecular flexibility index (Phi) is 5.83. The number of hydrogen-bond acceptors (Lipinski definition) is 4. The Morgan fingerprint density at radius 2 is 1.85 bits per heavy atom. The van der Waals surface area contributed by atoms with Gasteiger partial charge in [0.1, 0.15) is 0 Å². The summed E-state index contributed by atoms with van der Waals surface area (Å²) in [7, 11) is 4.67. The first kappa shape index (κ1) is 15.8. The molecule has 0 aliphatic carbocycles. The normalized spacial score (nSPS) is 9.95. The molecule has 6 heteroatoms. The highest BCUT2D eigenvalue weighted by atomic mass is 16.5. The predicted molar refractivity (Wildman–Crippen MR) is 73.4 cm³/mol. The average molecular weight is 281 g/mol. The minimum absolute atomic E-state index is 0.0452. The van der Waals surface area contributed by atoms with Crippen LogP contribution in [0.4, 0.5) is 0 Å². The molecule has 0 atom stereocenters. The molecule has 1 amide bonds. The lowest BCUT2D eigenvalue weighted by Gasteiger charge is -2.17. The molecule has 110 valence electrons. The number of hydrogen-bond donors (Lipinski definition) is 1. The van der Waals surface area contributed by atoms with E-state index in [-0.39, 0.29) is 12.3 Å². The third kappa shape index (κ3) is 4.15. The van der Waals surface area contributed by atoms with E-state index < -0.39 is 5.97 Å². The zero-order valence-electron chi connectivity index (χ0n) is 11.9. The summed E-state index contributed by atoms with van der Waals surface area (Å²) in [5.74, 6) is -0.0110. The van der Waals surface area contributed by atoms with E-state index in [9.17, 15) is 9.59 Å². The molecule has 0 radical (unpaired) electrons. The van der Waals surface area contributed by atoms with Crippen molar-refractivity contribution in [3.05, 3.63) is 23.8 Å². The minimum atomic E-state index is -0.864. The van der Waals surface area contributed by atoms with Crippen molar-refractivity contribution >= 4 is 11.9 Å². The summed E-state index contributed by atoms with van der Waals surface area (Å²) in [6.07, 6.45) is 0.467. The second-order valence-electron chi connectivity index (χ2n) is 4.29. The summed E-state index contributed by atoms with van der Waals surface area (Å²) >= 11 is 0. The Bertz CT molecular complexity index is 486. The SMILES string of the molecule is COc1ccc(C(=O)N(C)CCCC(=O)O)cc1OC. The number of benzene rings is 1. The molecule has 1 rings (SSSR count). The first-order valence-electron chi connectivity index (χ1n) is 6.19. The van der Waals surface area contributed by atoms with Gasteiger partial charge in [-0.2, -0.15) is 0 Å². The Labute approximate surface area is 117 Å². The highest BCUT2D eigenvalue weighted by Gasteiger charge is 2.14. The first-order chi connectivity index (χ1) is 9.49. The summed E-state index contributed by atoms with van der Waals surface area (Å²) in [5.41, 5.74) is 0.473. The van der Waals surface area contributed by atoms with Gasteiger partial charge in [0.15, 0.2) is 11.5 Å². The third-order valence-electron chi connectivity index (χ3n) is 2.86. The molecule has 0 aliphatic rings. The maximum Gasteiger partial charge on any atom is 0.303 e. The van der Waals surface area contributed by atoms with Gasteiger partial charge in [0, 0.05) is 25.6 Å². The van der Waals surface area contributed by atoms with E-state index in [2.05, 4.69) is 0 Å². The zero-order chi connectivity index (χ0) is 15.1. The van der Waals surface area contributed by atoms with Crippen molar-refractivity contribution in [1.29, 1.82) is 0 Å². The van der Waals surface area contributed by atoms with Gasteiger partial charge in [-0.05, 0) is 24.6 Å². The second-order valence-corrected chi connectivity index (χ2v) is 4.29. The smallest absolute Gasteiger partial charge is 0.303 e. The van der Waals surface area contributed by atoms with Crippen LogP contribution in [0.15, 0.2) is 18.2 Å². The minimum Gasteiger partial charge on any atom is -0.493 e. The van der Waals surface area contributed by atoms with E-state index >= 15 is 0 Å². The fourth-order valence-corrected chi connectivity index (χ4v) is 1.76. The van der Waals surface area contributed by atoms with Crippen LogP contribution in [-0.4, -0.2) is 49.7 Å². The average Bonchev–Trinajstić information content (AvgIpc) is 2.45. The lowest BCUT2D eigenvalue weighted by atomic mass is 10.1. The van der Waals surface area contributed by atoms with Crippen LogP contribution in [0.2, 0.25) is 0 Å². The summed E-state index contributed by atoms with van der Waals surface area (Å²) < 4.78 is 10.3. The van der Waals surface area contributed by atoms with Crippen molar-refractivity contribution in [2.45, 2.75) is 12.8 Å². The summed E-state index contributed by atoms with van der Waals surface area (Å²) in [6.45, 7) is 0.388. The summed E-state index contributed by atoms with van der Waals surface area (Å²) in [6, 6.07) is 4.92. The van der Waals surface area contributed by atoms with Gasteiger partial charge < -0.3 is 19.5 Å². The van der Waals surface area contributed by atoms with Gasteiger partial charge in [-0.3, -0.25) is 9.59 Å².